The van der Waals surface area contributed by atoms with Gasteiger partial charge < -0.3 is 0 Å². The van der Waals surface area contributed by atoms with Crippen molar-refractivity contribution in [1.82, 2.24) is 4.31 Å². The number of hydrogen-bond donors (Lipinski definition) is 0. The molecule has 7 heteroatoms. The molecule has 0 fully saturated rings. The predicted molar refractivity (Wildman–Crippen MR) is 120 cm³/mol. The fourth-order valence-corrected chi connectivity index (χ4v) is 5.47. The van der Waals surface area contributed by atoms with Crippen LogP contribution in [0.1, 0.15) is 28.6 Å². The highest BCUT2D eigenvalue weighted by Gasteiger charge is 2.23. The summed E-state index contributed by atoms with van der Waals surface area (Å²) in [6, 6.07) is 14.3. The first-order chi connectivity index (χ1) is 13.7. The number of nitrogens with zero attached hydrogens (tertiary/aromatic N) is 1. The zero-order chi connectivity index (χ0) is 21.3. The lowest BCUT2D eigenvalue weighted by molar-refractivity contribution is 0.0992. The van der Waals surface area contributed by atoms with Gasteiger partial charge in [0.2, 0.25) is 10.0 Å². The van der Waals surface area contributed by atoms with Gasteiger partial charge in [0.1, 0.15) is 0 Å². The van der Waals surface area contributed by atoms with E-state index in [1.165, 1.54) is 29.7 Å². The number of benzene rings is 2. The Kier molecular flexibility index (Phi) is 6.29. The number of thiophene rings is 1. The van der Waals surface area contributed by atoms with Gasteiger partial charge in [-0.25, -0.2) is 12.7 Å². The van der Waals surface area contributed by atoms with Crippen molar-refractivity contribution in [2.45, 2.75) is 25.2 Å². The number of ketones is 1. The van der Waals surface area contributed by atoms with E-state index in [1.807, 2.05) is 38.1 Å². The van der Waals surface area contributed by atoms with Gasteiger partial charge in [0.25, 0.3) is 0 Å². The Hall–Kier alpha value is -1.99. The summed E-state index contributed by atoms with van der Waals surface area (Å²) in [6.45, 7) is 3.84. The summed E-state index contributed by atoms with van der Waals surface area (Å²) in [7, 11) is -0.497. The van der Waals surface area contributed by atoms with Gasteiger partial charge in [0.15, 0.2) is 5.78 Å². The molecule has 3 aromatic rings. The Morgan fingerprint density at radius 3 is 2.07 bits per heavy atom. The molecule has 29 heavy (non-hydrogen) atoms. The van der Waals surface area contributed by atoms with Crippen LogP contribution < -0.4 is 0 Å². The van der Waals surface area contributed by atoms with E-state index >= 15 is 0 Å². The van der Waals surface area contributed by atoms with E-state index in [1.54, 1.807) is 24.3 Å². The second-order valence-corrected chi connectivity index (χ2v) is 10.5. The lowest BCUT2D eigenvalue weighted by Crippen LogP contribution is -2.22. The maximum absolute atomic E-state index is 12.7. The van der Waals surface area contributed by atoms with E-state index in [-0.39, 0.29) is 10.7 Å². The highest BCUT2D eigenvalue weighted by atomic mass is 35.5. The molecule has 1 heterocycles. The van der Waals surface area contributed by atoms with E-state index < -0.39 is 10.0 Å². The van der Waals surface area contributed by atoms with Crippen molar-refractivity contribution in [2.24, 2.45) is 0 Å². The van der Waals surface area contributed by atoms with E-state index in [0.29, 0.717) is 16.3 Å². The van der Waals surface area contributed by atoms with E-state index in [0.717, 1.165) is 27.1 Å². The Bertz CT molecular complexity index is 1150. The van der Waals surface area contributed by atoms with Crippen molar-refractivity contribution >= 4 is 38.7 Å². The van der Waals surface area contributed by atoms with Crippen LogP contribution in [0.15, 0.2) is 53.4 Å². The zero-order valence-electron chi connectivity index (χ0n) is 16.7. The number of sulfonamides is 1. The third kappa shape index (κ3) is 4.16. The Labute approximate surface area is 180 Å². The van der Waals surface area contributed by atoms with Crippen LogP contribution in [-0.2, 0) is 10.0 Å². The maximum atomic E-state index is 12.7. The number of halogens is 1. The number of hydrogen-bond acceptors (Lipinski definition) is 4. The predicted octanol–water partition coefficient (Wildman–Crippen LogP) is 5.89. The first-order valence-electron chi connectivity index (χ1n) is 9.12. The van der Waals surface area contributed by atoms with Crippen LogP contribution in [0.3, 0.4) is 0 Å². The monoisotopic (exact) mass is 447 g/mol. The van der Waals surface area contributed by atoms with Gasteiger partial charge in [-0.15, -0.1) is 11.3 Å². The van der Waals surface area contributed by atoms with Crippen molar-refractivity contribution in [3.63, 3.8) is 0 Å². The molecule has 0 aliphatic heterocycles. The molecule has 0 N–H and O–H groups in total. The summed E-state index contributed by atoms with van der Waals surface area (Å²) in [6.07, 6.45) is 0.403. The summed E-state index contributed by atoms with van der Waals surface area (Å²) < 4.78 is 25.9. The molecule has 1 aromatic heterocycles. The van der Waals surface area contributed by atoms with E-state index in [9.17, 15) is 13.2 Å². The summed E-state index contributed by atoms with van der Waals surface area (Å²) in [4.78, 5) is 14.6. The SMILES string of the molecule is CCC(=O)c1sc(-c2ccc(Cl)cc2)c(C)c1-c1ccc(S(=O)(=O)N(C)C)cc1. The minimum Gasteiger partial charge on any atom is -0.293 e. The molecule has 0 saturated carbocycles. The molecule has 2 aromatic carbocycles. The molecule has 0 saturated heterocycles. The molecule has 3 rings (SSSR count). The number of carbonyl (C=O) groups excluding carboxylic acids is 1. The van der Waals surface area contributed by atoms with Crippen LogP contribution in [0.4, 0.5) is 0 Å². The minimum absolute atomic E-state index is 0.0679. The van der Waals surface area contributed by atoms with Crippen molar-refractivity contribution in [2.75, 3.05) is 14.1 Å². The summed E-state index contributed by atoms with van der Waals surface area (Å²) in [5, 5.41) is 0.658. The molecule has 0 spiro atoms. The number of Topliss-reactive ketones (excluding diaryl/α,β-unsaturated/α-hetero) is 1. The smallest absolute Gasteiger partial charge is 0.242 e. The molecular formula is C22H22ClNO3S2. The molecule has 0 bridgehead atoms. The Balaban J connectivity index is 2.15. The second kappa shape index (κ2) is 8.40. The summed E-state index contributed by atoms with van der Waals surface area (Å²) in [5.74, 6) is 0.0679. The fourth-order valence-electron chi connectivity index (χ4n) is 3.10. The third-order valence-electron chi connectivity index (χ3n) is 4.75. The number of carbonyl (C=O) groups is 1. The molecule has 0 radical (unpaired) electrons. The second-order valence-electron chi connectivity index (χ2n) is 6.86. The first-order valence-corrected chi connectivity index (χ1v) is 11.8. The van der Waals surface area contributed by atoms with Crippen LogP contribution in [0, 0.1) is 6.92 Å². The quantitative estimate of drug-likeness (QED) is 0.443. The Morgan fingerprint density at radius 1 is 1.00 bits per heavy atom. The lowest BCUT2D eigenvalue weighted by Gasteiger charge is -2.12. The molecule has 0 atom stereocenters. The average Bonchev–Trinajstić information content (AvgIpc) is 3.05. The normalized spacial score (nSPS) is 11.8. The lowest BCUT2D eigenvalue weighted by atomic mass is 9.97. The van der Waals surface area contributed by atoms with Gasteiger partial charge in [-0.2, -0.15) is 0 Å². The van der Waals surface area contributed by atoms with Gasteiger partial charge in [-0.05, 0) is 47.9 Å². The molecule has 0 amide bonds. The average molecular weight is 448 g/mol. The summed E-state index contributed by atoms with van der Waals surface area (Å²) in [5.41, 5.74) is 3.69. The van der Waals surface area contributed by atoms with Crippen molar-refractivity contribution in [1.29, 1.82) is 0 Å². The zero-order valence-corrected chi connectivity index (χ0v) is 19.1. The Morgan fingerprint density at radius 2 is 1.55 bits per heavy atom. The van der Waals surface area contributed by atoms with Crippen molar-refractivity contribution in [3.05, 3.63) is 64.0 Å². The van der Waals surface area contributed by atoms with E-state index in [2.05, 4.69) is 0 Å². The van der Waals surface area contributed by atoms with Gasteiger partial charge in [0, 0.05) is 36.0 Å². The summed E-state index contributed by atoms with van der Waals surface area (Å²) >= 11 is 7.48. The largest absolute Gasteiger partial charge is 0.293 e. The molecule has 0 unspecified atom stereocenters. The first kappa shape index (κ1) is 21.7. The van der Waals surface area contributed by atoms with Gasteiger partial charge in [0.05, 0.1) is 9.77 Å². The highest BCUT2D eigenvalue weighted by Crippen LogP contribution is 2.42. The molecule has 152 valence electrons. The van der Waals surface area contributed by atoms with Crippen LogP contribution in [0.5, 0.6) is 0 Å². The van der Waals surface area contributed by atoms with Crippen LogP contribution in [-0.4, -0.2) is 32.6 Å². The minimum atomic E-state index is -3.50. The maximum Gasteiger partial charge on any atom is 0.242 e. The molecule has 0 aliphatic rings. The number of rotatable bonds is 6. The topological polar surface area (TPSA) is 54.5 Å². The van der Waals surface area contributed by atoms with Crippen LogP contribution >= 0.6 is 22.9 Å². The molecule has 0 aliphatic carbocycles. The van der Waals surface area contributed by atoms with Crippen LogP contribution in [0.2, 0.25) is 5.02 Å². The van der Waals surface area contributed by atoms with Crippen LogP contribution in [0.25, 0.3) is 21.6 Å². The fraction of sp³-hybridized carbons (Fsp3) is 0.227. The van der Waals surface area contributed by atoms with Crippen molar-refractivity contribution in [3.8, 4) is 21.6 Å². The van der Waals surface area contributed by atoms with Gasteiger partial charge in [-0.1, -0.05) is 42.8 Å². The van der Waals surface area contributed by atoms with Gasteiger partial charge in [-0.3, -0.25) is 4.79 Å². The standard InChI is InChI=1S/C22H22ClNO3S2/c1-5-19(25)22-20(14(2)21(28-22)16-6-10-17(23)11-7-16)15-8-12-18(13-9-15)29(26,27)24(3)4/h6-13H,5H2,1-4H3. The van der Waals surface area contributed by atoms with Crippen molar-refractivity contribution < 1.29 is 13.2 Å². The third-order valence-corrected chi connectivity index (χ3v) is 8.21. The molecule has 4 nitrogen and oxygen atoms in total. The van der Waals surface area contributed by atoms with Gasteiger partial charge >= 0.3 is 0 Å². The highest BCUT2D eigenvalue weighted by molar-refractivity contribution is 7.89. The van der Waals surface area contributed by atoms with E-state index in [4.69, 9.17) is 11.6 Å². The molecular weight excluding hydrogens is 426 g/mol.